The van der Waals surface area contributed by atoms with Crippen molar-refractivity contribution in [3.8, 4) is 5.75 Å². The molecule has 1 fully saturated rings. The summed E-state index contributed by atoms with van der Waals surface area (Å²) < 4.78 is 34.1. The normalized spacial score (nSPS) is 16.2. The molecule has 0 radical (unpaired) electrons. The molecule has 2 heterocycles. The maximum atomic E-state index is 12.8. The SMILES string of the molecule is CCN(CC)S(=O)(=O)N1CCC(c2cc(Cc3cccc(OC)c3)cc(C)n2)CC1. The predicted molar refractivity (Wildman–Crippen MR) is 120 cm³/mol. The lowest BCUT2D eigenvalue weighted by Gasteiger charge is -2.34. The molecule has 0 N–H and O–H groups in total. The lowest BCUT2D eigenvalue weighted by atomic mass is 9.92. The van der Waals surface area contributed by atoms with Gasteiger partial charge in [0.25, 0.3) is 10.2 Å². The van der Waals surface area contributed by atoms with Crippen molar-refractivity contribution < 1.29 is 13.2 Å². The molecule has 0 amide bonds. The molecule has 1 aliphatic rings. The molecule has 0 saturated carbocycles. The molecule has 0 atom stereocenters. The molecular weight excluding hydrogens is 398 g/mol. The number of nitrogens with zero attached hydrogens (tertiary/aromatic N) is 3. The second kappa shape index (κ2) is 9.90. The fraction of sp³-hybridized carbons (Fsp3) is 0.522. The minimum absolute atomic E-state index is 0.289. The van der Waals surface area contributed by atoms with Crippen LogP contribution in [0, 0.1) is 6.92 Å². The first-order valence-electron chi connectivity index (χ1n) is 10.7. The summed E-state index contributed by atoms with van der Waals surface area (Å²) in [4.78, 5) is 4.78. The Bertz CT molecular complexity index is 950. The third-order valence-corrected chi connectivity index (χ3v) is 7.99. The van der Waals surface area contributed by atoms with E-state index in [1.54, 1.807) is 11.4 Å². The van der Waals surface area contributed by atoms with E-state index >= 15 is 0 Å². The lowest BCUT2D eigenvalue weighted by Crippen LogP contribution is -2.46. The van der Waals surface area contributed by atoms with Crippen LogP contribution in [0.15, 0.2) is 36.4 Å². The van der Waals surface area contributed by atoms with Crippen molar-refractivity contribution in [1.82, 2.24) is 13.6 Å². The van der Waals surface area contributed by atoms with Crippen LogP contribution in [0.2, 0.25) is 0 Å². The molecule has 1 saturated heterocycles. The highest BCUT2D eigenvalue weighted by Crippen LogP contribution is 2.30. The molecule has 0 aliphatic carbocycles. The van der Waals surface area contributed by atoms with E-state index in [-0.39, 0.29) is 5.92 Å². The van der Waals surface area contributed by atoms with Crippen molar-refractivity contribution in [2.75, 3.05) is 33.3 Å². The van der Waals surface area contributed by atoms with E-state index in [2.05, 4.69) is 24.3 Å². The lowest BCUT2D eigenvalue weighted by molar-refractivity contribution is 0.289. The first-order chi connectivity index (χ1) is 14.4. The van der Waals surface area contributed by atoms with Crippen LogP contribution in [0.5, 0.6) is 5.75 Å². The Morgan fingerprint density at radius 1 is 1.10 bits per heavy atom. The summed E-state index contributed by atoms with van der Waals surface area (Å²) in [5.74, 6) is 1.15. The Balaban J connectivity index is 1.72. The first kappa shape index (κ1) is 22.7. The second-order valence-corrected chi connectivity index (χ2v) is 9.76. The van der Waals surface area contributed by atoms with Crippen LogP contribution < -0.4 is 4.74 Å². The first-order valence-corrected chi connectivity index (χ1v) is 12.1. The molecule has 164 valence electrons. The Hall–Kier alpha value is -1.96. The number of piperidine rings is 1. The van der Waals surface area contributed by atoms with Crippen molar-refractivity contribution in [3.05, 3.63) is 58.9 Å². The van der Waals surface area contributed by atoms with Crippen LogP contribution in [-0.4, -0.2) is 55.3 Å². The van der Waals surface area contributed by atoms with Gasteiger partial charge in [-0.05, 0) is 61.6 Å². The van der Waals surface area contributed by atoms with Crippen LogP contribution in [-0.2, 0) is 16.6 Å². The molecule has 30 heavy (non-hydrogen) atoms. The van der Waals surface area contributed by atoms with Gasteiger partial charge < -0.3 is 4.74 Å². The van der Waals surface area contributed by atoms with Gasteiger partial charge in [-0.3, -0.25) is 4.98 Å². The monoisotopic (exact) mass is 431 g/mol. The van der Waals surface area contributed by atoms with Gasteiger partial charge >= 0.3 is 0 Å². The summed E-state index contributed by atoms with van der Waals surface area (Å²) >= 11 is 0. The highest BCUT2D eigenvalue weighted by atomic mass is 32.2. The molecule has 0 spiro atoms. The average molecular weight is 432 g/mol. The van der Waals surface area contributed by atoms with Gasteiger partial charge in [0.1, 0.15) is 5.75 Å². The van der Waals surface area contributed by atoms with Gasteiger partial charge in [-0.25, -0.2) is 0 Å². The van der Waals surface area contributed by atoms with E-state index in [4.69, 9.17) is 9.72 Å². The van der Waals surface area contributed by atoms with E-state index in [1.807, 2.05) is 32.9 Å². The molecule has 1 aromatic heterocycles. The summed E-state index contributed by atoms with van der Waals surface area (Å²) in [6, 6.07) is 12.4. The zero-order valence-electron chi connectivity index (χ0n) is 18.5. The maximum Gasteiger partial charge on any atom is 0.281 e. The fourth-order valence-corrected chi connectivity index (χ4v) is 5.84. The number of rotatable bonds is 8. The zero-order valence-corrected chi connectivity index (χ0v) is 19.3. The number of hydrogen-bond acceptors (Lipinski definition) is 4. The third-order valence-electron chi connectivity index (χ3n) is 5.81. The quantitative estimate of drug-likeness (QED) is 0.639. The van der Waals surface area contributed by atoms with E-state index < -0.39 is 10.2 Å². The minimum Gasteiger partial charge on any atom is -0.497 e. The third kappa shape index (κ3) is 5.20. The van der Waals surface area contributed by atoms with E-state index in [0.717, 1.165) is 36.4 Å². The highest BCUT2D eigenvalue weighted by molar-refractivity contribution is 7.86. The van der Waals surface area contributed by atoms with Crippen LogP contribution in [0.25, 0.3) is 0 Å². The Labute approximate surface area is 181 Å². The van der Waals surface area contributed by atoms with E-state index in [1.165, 1.54) is 15.4 Å². The molecule has 3 rings (SSSR count). The number of benzene rings is 1. The van der Waals surface area contributed by atoms with E-state index in [0.29, 0.717) is 26.2 Å². The molecule has 6 nitrogen and oxygen atoms in total. The van der Waals surface area contributed by atoms with Crippen molar-refractivity contribution in [1.29, 1.82) is 0 Å². The summed E-state index contributed by atoms with van der Waals surface area (Å²) in [6.07, 6.45) is 2.42. The Morgan fingerprint density at radius 2 is 1.80 bits per heavy atom. The summed E-state index contributed by atoms with van der Waals surface area (Å²) in [5, 5.41) is 0. The minimum atomic E-state index is -3.36. The highest BCUT2D eigenvalue weighted by Gasteiger charge is 2.32. The van der Waals surface area contributed by atoms with Crippen LogP contribution in [0.1, 0.15) is 55.1 Å². The molecule has 0 bridgehead atoms. The molecule has 1 aromatic carbocycles. The Morgan fingerprint density at radius 3 is 2.43 bits per heavy atom. The Kier molecular flexibility index (Phi) is 7.50. The van der Waals surface area contributed by atoms with Crippen LogP contribution in [0.4, 0.5) is 0 Å². The topological polar surface area (TPSA) is 62.7 Å². The number of methoxy groups -OCH3 is 1. The summed E-state index contributed by atoms with van der Waals surface area (Å²) in [6.45, 7) is 7.90. The van der Waals surface area contributed by atoms with Gasteiger partial charge in [0.05, 0.1) is 7.11 Å². The van der Waals surface area contributed by atoms with E-state index in [9.17, 15) is 8.42 Å². The van der Waals surface area contributed by atoms with Crippen molar-refractivity contribution in [2.24, 2.45) is 0 Å². The van der Waals surface area contributed by atoms with Gasteiger partial charge in [-0.15, -0.1) is 0 Å². The van der Waals surface area contributed by atoms with Crippen LogP contribution in [0.3, 0.4) is 0 Å². The number of aryl methyl sites for hydroxylation is 1. The standard InChI is InChI=1S/C23H33N3O3S/c1-5-25(6-2)30(27,28)26-12-10-21(11-13-26)23-17-20(14-18(3)24-23)15-19-8-7-9-22(16-19)29-4/h7-9,14,16-17,21H,5-6,10-13,15H2,1-4H3. The van der Waals surface area contributed by atoms with Crippen molar-refractivity contribution in [3.63, 3.8) is 0 Å². The van der Waals surface area contributed by atoms with Crippen molar-refractivity contribution >= 4 is 10.2 Å². The van der Waals surface area contributed by atoms with Gasteiger partial charge in [0, 0.05) is 43.5 Å². The maximum absolute atomic E-state index is 12.8. The van der Waals surface area contributed by atoms with Gasteiger partial charge in [0.15, 0.2) is 0 Å². The molecular formula is C23H33N3O3S. The molecule has 1 aliphatic heterocycles. The fourth-order valence-electron chi connectivity index (χ4n) is 4.19. The zero-order chi connectivity index (χ0) is 21.7. The van der Waals surface area contributed by atoms with Gasteiger partial charge in [-0.1, -0.05) is 26.0 Å². The number of ether oxygens (including phenoxy) is 1. The summed E-state index contributed by atoms with van der Waals surface area (Å²) in [7, 11) is -1.68. The largest absolute Gasteiger partial charge is 0.497 e. The summed E-state index contributed by atoms with van der Waals surface area (Å²) in [5.41, 5.74) is 4.51. The molecule has 2 aromatic rings. The number of hydrogen-bond donors (Lipinski definition) is 0. The average Bonchev–Trinajstić information content (AvgIpc) is 2.74. The van der Waals surface area contributed by atoms with Crippen LogP contribution >= 0.6 is 0 Å². The smallest absolute Gasteiger partial charge is 0.281 e. The second-order valence-electron chi connectivity index (χ2n) is 7.84. The molecule has 0 unspecified atom stereocenters. The van der Waals surface area contributed by atoms with Gasteiger partial charge in [-0.2, -0.15) is 17.0 Å². The molecule has 7 heteroatoms. The van der Waals surface area contributed by atoms with Gasteiger partial charge in [0.2, 0.25) is 0 Å². The predicted octanol–water partition coefficient (Wildman–Crippen LogP) is 3.76. The van der Waals surface area contributed by atoms with Crippen molar-refractivity contribution in [2.45, 2.75) is 46.0 Å². The number of aromatic nitrogens is 1. The number of pyridine rings is 1.